The van der Waals surface area contributed by atoms with Crippen LogP contribution >= 0.6 is 0 Å². The molecule has 0 bridgehead atoms. The predicted octanol–water partition coefficient (Wildman–Crippen LogP) is 3.01. The molecule has 0 unspecified atom stereocenters. The van der Waals surface area contributed by atoms with Gasteiger partial charge in [-0.15, -0.1) is 10.2 Å². The summed E-state index contributed by atoms with van der Waals surface area (Å²) in [4.78, 5) is -0.556. The zero-order chi connectivity index (χ0) is 25.9. The van der Waals surface area contributed by atoms with Crippen LogP contribution in [0.4, 0.5) is 22.7 Å². The number of rotatable bonds is 7. The molecule has 2 N–H and O–H groups in total. The Bertz CT molecular complexity index is 1590. The third-order valence-corrected chi connectivity index (χ3v) is 5.97. The normalized spacial score (nSPS) is 11.6. The quantitative estimate of drug-likeness (QED) is 0.160. The van der Waals surface area contributed by atoms with Gasteiger partial charge in [-0.1, -0.05) is 6.07 Å². The molecule has 37 heavy (non-hydrogen) atoms. The molecule has 0 aromatic heterocycles. The number of phenols is 2. The van der Waals surface area contributed by atoms with E-state index in [4.69, 9.17) is 9.47 Å². The Balaban J connectivity index is 0.00000380. The molecule has 0 amide bonds. The first-order chi connectivity index (χ1) is 17.2. The minimum absolute atomic E-state index is 0. The zero-order valence-corrected chi connectivity index (χ0v) is 22.8. The molecule has 0 radical (unpaired) electrons. The van der Waals surface area contributed by atoms with E-state index in [1.807, 2.05) is 0 Å². The summed E-state index contributed by atoms with van der Waals surface area (Å²) in [6, 6.07) is 16.5. The molecule has 184 valence electrons. The van der Waals surface area contributed by atoms with Crippen LogP contribution < -0.4 is 39.0 Å². The molecule has 0 saturated carbocycles. The minimum atomic E-state index is -4.83. The number of hydrogen-bond donors (Lipinski definition) is 2. The van der Waals surface area contributed by atoms with Gasteiger partial charge in [0.1, 0.15) is 33.0 Å². The Morgan fingerprint density at radius 2 is 1.11 bits per heavy atom. The summed E-state index contributed by atoms with van der Waals surface area (Å²) < 4.78 is 45.1. The van der Waals surface area contributed by atoms with Crippen LogP contribution in [0.1, 0.15) is 0 Å². The van der Waals surface area contributed by atoms with E-state index in [1.165, 1.54) is 20.3 Å². The van der Waals surface area contributed by atoms with Crippen molar-refractivity contribution in [2.24, 2.45) is 20.5 Å². The van der Waals surface area contributed by atoms with Gasteiger partial charge in [0.2, 0.25) is 0 Å². The molecule has 0 aliphatic carbocycles. The Morgan fingerprint density at radius 1 is 0.676 bits per heavy atom. The zero-order valence-electron chi connectivity index (χ0n) is 20.0. The van der Waals surface area contributed by atoms with Gasteiger partial charge in [-0.3, -0.25) is 0 Å². The van der Waals surface area contributed by atoms with Gasteiger partial charge in [0.25, 0.3) is 0 Å². The average molecular weight is 530 g/mol. The van der Waals surface area contributed by atoms with Gasteiger partial charge in [0, 0.05) is 10.8 Å². The first-order valence-electron chi connectivity index (χ1n) is 10.3. The van der Waals surface area contributed by atoms with Crippen LogP contribution in [0, 0.1) is 0 Å². The number of aromatic hydroxyl groups is 2. The molecule has 0 saturated heterocycles. The summed E-state index contributed by atoms with van der Waals surface area (Å²) in [7, 11) is -1.80. The second-order valence-corrected chi connectivity index (χ2v) is 8.73. The van der Waals surface area contributed by atoms with E-state index in [-0.39, 0.29) is 51.7 Å². The van der Waals surface area contributed by atoms with Crippen molar-refractivity contribution in [1.82, 2.24) is 0 Å². The van der Waals surface area contributed by atoms with Crippen molar-refractivity contribution in [3.05, 3.63) is 66.7 Å². The second-order valence-electron chi connectivity index (χ2n) is 7.35. The van der Waals surface area contributed by atoms with E-state index in [2.05, 4.69) is 20.5 Å². The largest absolute Gasteiger partial charge is 1.00 e. The first-order valence-corrected chi connectivity index (χ1v) is 11.7. The van der Waals surface area contributed by atoms with Gasteiger partial charge >= 0.3 is 29.6 Å². The van der Waals surface area contributed by atoms with E-state index >= 15 is 0 Å². The first kappa shape index (κ1) is 28.0. The number of fused-ring (bicyclic) bond motifs is 1. The Kier molecular flexibility index (Phi) is 8.84. The van der Waals surface area contributed by atoms with Gasteiger partial charge in [0.05, 0.1) is 30.5 Å². The van der Waals surface area contributed by atoms with E-state index in [0.29, 0.717) is 22.9 Å². The predicted molar refractivity (Wildman–Crippen MR) is 130 cm³/mol. The third-order valence-electron chi connectivity index (χ3n) is 5.14. The molecule has 0 atom stereocenters. The van der Waals surface area contributed by atoms with Crippen molar-refractivity contribution in [2.75, 3.05) is 14.2 Å². The SMILES string of the molecule is COc1ccc(N=Nc2c(O)c(O)c(N=Nc3ccc(OC)cc3)c3cc(S(=O)(=O)[O-])ccc23)cc1.[Na+]. The summed E-state index contributed by atoms with van der Waals surface area (Å²) in [5, 5.41) is 37.8. The van der Waals surface area contributed by atoms with Gasteiger partial charge < -0.3 is 24.2 Å². The number of phenolic OH excluding ortho intramolecular Hbond substituents is 2. The van der Waals surface area contributed by atoms with Crippen molar-refractivity contribution < 1.29 is 62.2 Å². The van der Waals surface area contributed by atoms with E-state index in [0.717, 1.165) is 12.1 Å². The smallest absolute Gasteiger partial charge is 0.744 e. The van der Waals surface area contributed by atoms with E-state index in [9.17, 15) is 23.2 Å². The average Bonchev–Trinajstić information content (AvgIpc) is 2.88. The maximum absolute atomic E-state index is 11.6. The van der Waals surface area contributed by atoms with E-state index < -0.39 is 26.5 Å². The van der Waals surface area contributed by atoms with Crippen LogP contribution in [0.3, 0.4) is 0 Å². The molecule has 0 aliphatic rings. The van der Waals surface area contributed by atoms with Gasteiger partial charge in [0.15, 0.2) is 11.5 Å². The standard InChI is InChI=1S/C24H20N4O7S.Na/c1-34-16-7-3-14(4-8-16)25-27-21-19-12-11-18(36(31,32)33)13-20(19)22(24(30)23(21)29)28-26-15-5-9-17(35-2)10-6-15;/h3-13,29-30H,1-2H3,(H,31,32,33);/q;+1/p-1. The fraction of sp³-hybridized carbons (Fsp3) is 0.0833. The van der Waals surface area contributed by atoms with Crippen LogP contribution in [-0.4, -0.2) is 37.4 Å². The topological polar surface area (TPSA) is 166 Å². The van der Waals surface area contributed by atoms with Crippen molar-refractivity contribution in [1.29, 1.82) is 0 Å². The second kappa shape index (κ2) is 11.7. The van der Waals surface area contributed by atoms with Crippen molar-refractivity contribution in [3.63, 3.8) is 0 Å². The molecular formula is C24H19N4NaO7S. The van der Waals surface area contributed by atoms with Gasteiger partial charge in [-0.2, -0.15) is 10.2 Å². The van der Waals surface area contributed by atoms with Crippen LogP contribution in [0.15, 0.2) is 92.1 Å². The summed E-state index contributed by atoms with van der Waals surface area (Å²) in [5.41, 5.74) is 0.396. The summed E-state index contributed by atoms with van der Waals surface area (Å²) >= 11 is 0. The molecule has 11 nitrogen and oxygen atoms in total. The number of hydrogen-bond acceptors (Lipinski definition) is 11. The van der Waals surface area contributed by atoms with Crippen LogP contribution in [-0.2, 0) is 10.1 Å². The monoisotopic (exact) mass is 530 g/mol. The molecule has 4 aromatic rings. The maximum atomic E-state index is 11.6. The van der Waals surface area contributed by atoms with Crippen LogP contribution in [0.2, 0.25) is 0 Å². The number of azo groups is 2. The summed E-state index contributed by atoms with van der Waals surface area (Å²) in [6.45, 7) is 0. The molecule has 0 fully saturated rings. The van der Waals surface area contributed by atoms with Crippen molar-refractivity contribution >= 4 is 43.6 Å². The van der Waals surface area contributed by atoms with E-state index in [1.54, 1.807) is 48.5 Å². The van der Waals surface area contributed by atoms with Crippen molar-refractivity contribution in [2.45, 2.75) is 4.90 Å². The number of nitrogens with zero attached hydrogens (tertiary/aromatic N) is 4. The molecule has 0 heterocycles. The fourth-order valence-electron chi connectivity index (χ4n) is 3.28. The summed E-state index contributed by atoms with van der Waals surface area (Å²) in [5.74, 6) is -0.167. The number of benzene rings is 4. The van der Waals surface area contributed by atoms with Crippen molar-refractivity contribution in [3.8, 4) is 23.0 Å². The Labute approximate surface area is 234 Å². The maximum Gasteiger partial charge on any atom is 1.00 e. The number of methoxy groups -OCH3 is 2. The molecule has 4 aromatic carbocycles. The fourth-order valence-corrected chi connectivity index (χ4v) is 3.77. The summed E-state index contributed by atoms with van der Waals surface area (Å²) in [6.07, 6.45) is 0. The molecule has 4 rings (SSSR count). The third kappa shape index (κ3) is 6.24. The Hall–Kier alpha value is -3.55. The molecule has 0 spiro atoms. The molecule has 0 aliphatic heterocycles. The van der Waals surface area contributed by atoms with Crippen LogP contribution in [0.5, 0.6) is 23.0 Å². The molecule has 13 heteroatoms. The minimum Gasteiger partial charge on any atom is -0.744 e. The van der Waals surface area contributed by atoms with Gasteiger partial charge in [-0.05, 0) is 60.7 Å². The van der Waals surface area contributed by atoms with Crippen LogP contribution in [0.25, 0.3) is 10.8 Å². The number of ether oxygens (including phenoxy) is 2. The Morgan fingerprint density at radius 3 is 1.51 bits per heavy atom. The van der Waals surface area contributed by atoms with Gasteiger partial charge in [-0.25, -0.2) is 8.42 Å². The molecular weight excluding hydrogens is 511 g/mol.